The third-order valence-corrected chi connectivity index (χ3v) is 3.17. The number of carboxylic acids is 1. The maximum atomic E-state index is 10.7. The van der Waals surface area contributed by atoms with E-state index >= 15 is 0 Å². The van der Waals surface area contributed by atoms with E-state index in [0.717, 1.165) is 6.42 Å². The quantitative estimate of drug-likeness (QED) is 0.729. The van der Waals surface area contributed by atoms with Crippen molar-refractivity contribution in [1.82, 2.24) is 5.32 Å². The maximum absolute atomic E-state index is 10.7. The minimum atomic E-state index is -0.762. The summed E-state index contributed by atoms with van der Waals surface area (Å²) in [6.07, 6.45) is 2.25. The van der Waals surface area contributed by atoms with Gasteiger partial charge in [0.2, 0.25) is 0 Å². The van der Waals surface area contributed by atoms with Gasteiger partial charge in [0, 0.05) is 6.04 Å². The van der Waals surface area contributed by atoms with Crippen molar-refractivity contribution in [3.05, 3.63) is 0 Å². The monoisotopic (exact) mass is 199 g/mol. The van der Waals surface area contributed by atoms with E-state index in [1.54, 1.807) is 6.92 Å². The Hall–Kier alpha value is -0.570. The summed E-state index contributed by atoms with van der Waals surface area (Å²) in [7, 11) is 0. The topological polar surface area (TPSA) is 49.3 Å². The van der Waals surface area contributed by atoms with Crippen LogP contribution in [0.15, 0.2) is 0 Å². The molecule has 1 saturated carbocycles. The van der Waals surface area contributed by atoms with Gasteiger partial charge in [-0.25, -0.2) is 0 Å². The zero-order valence-corrected chi connectivity index (χ0v) is 9.50. The van der Waals surface area contributed by atoms with Gasteiger partial charge in [-0.3, -0.25) is 4.79 Å². The highest BCUT2D eigenvalue weighted by Gasteiger charge is 2.37. The molecule has 0 aromatic rings. The van der Waals surface area contributed by atoms with Crippen molar-refractivity contribution in [1.29, 1.82) is 0 Å². The van der Waals surface area contributed by atoms with Gasteiger partial charge in [0.25, 0.3) is 0 Å². The molecule has 0 saturated heterocycles. The third-order valence-electron chi connectivity index (χ3n) is 3.17. The highest BCUT2D eigenvalue weighted by molar-refractivity contribution is 5.72. The molecule has 0 aromatic carbocycles. The molecule has 0 spiro atoms. The summed E-state index contributed by atoms with van der Waals surface area (Å²) in [6.45, 7) is 8.40. The normalized spacial score (nSPS) is 32.9. The molecule has 1 aliphatic carbocycles. The van der Waals surface area contributed by atoms with Gasteiger partial charge in [0.05, 0.1) is 0 Å². The van der Waals surface area contributed by atoms with Crippen LogP contribution in [0, 0.1) is 11.3 Å². The number of nitrogens with one attached hydrogen (secondary N) is 1. The molecular weight excluding hydrogens is 178 g/mol. The van der Waals surface area contributed by atoms with Crippen molar-refractivity contribution >= 4 is 5.97 Å². The molecule has 1 aliphatic rings. The van der Waals surface area contributed by atoms with E-state index in [0.29, 0.717) is 17.4 Å². The van der Waals surface area contributed by atoms with E-state index in [1.807, 2.05) is 0 Å². The molecule has 0 heterocycles. The van der Waals surface area contributed by atoms with Crippen LogP contribution in [0.25, 0.3) is 0 Å². The first-order valence-corrected chi connectivity index (χ1v) is 5.31. The number of carboxylic acid groups (broad SMARTS) is 1. The van der Waals surface area contributed by atoms with Crippen molar-refractivity contribution in [2.24, 2.45) is 11.3 Å². The standard InChI is InChI=1S/C11H21NO2/c1-7-5-11(3,4)6-9(7)12-8(2)10(13)14/h7-9,12H,5-6H2,1-4H3,(H,13,14). The summed E-state index contributed by atoms with van der Waals surface area (Å²) in [5.74, 6) is -0.186. The molecule has 2 N–H and O–H groups in total. The number of carbonyl (C=O) groups is 1. The molecule has 3 unspecified atom stereocenters. The van der Waals surface area contributed by atoms with Crippen molar-refractivity contribution in [2.75, 3.05) is 0 Å². The second-order valence-electron chi connectivity index (χ2n) is 5.38. The first-order valence-electron chi connectivity index (χ1n) is 5.31. The highest BCUT2D eigenvalue weighted by Crippen LogP contribution is 2.40. The number of hydrogen-bond donors (Lipinski definition) is 2. The fourth-order valence-corrected chi connectivity index (χ4v) is 2.51. The minimum absolute atomic E-state index is 0.356. The Morgan fingerprint density at radius 1 is 1.50 bits per heavy atom. The first-order chi connectivity index (χ1) is 6.32. The largest absolute Gasteiger partial charge is 0.480 e. The predicted octanol–water partition coefficient (Wildman–Crippen LogP) is 1.87. The van der Waals surface area contributed by atoms with Crippen molar-refractivity contribution in [3.8, 4) is 0 Å². The zero-order chi connectivity index (χ0) is 10.9. The average molecular weight is 199 g/mol. The molecule has 3 atom stereocenters. The summed E-state index contributed by atoms with van der Waals surface area (Å²) < 4.78 is 0. The molecule has 1 fully saturated rings. The smallest absolute Gasteiger partial charge is 0.320 e. The maximum Gasteiger partial charge on any atom is 0.320 e. The molecule has 14 heavy (non-hydrogen) atoms. The van der Waals surface area contributed by atoms with E-state index in [-0.39, 0.29) is 0 Å². The lowest BCUT2D eigenvalue weighted by atomic mass is 9.91. The summed E-state index contributed by atoms with van der Waals surface area (Å²) >= 11 is 0. The SMILES string of the molecule is CC(NC1CC(C)(C)CC1C)C(=O)O. The third kappa shape index (κ3) is 2.71. The predicted molar refractivity (Wildman–Crippen MR) is 56.2 cm³/mol. The molecule has 0 amide bonds. The Labute approximate surface area is 85.9 Å². The summed E-state index contributed by atoms with van der Waals surface area (Å²) in [4.78, 5) is 10.7. The van der Waals surface area contributed by atoms with E-state index < -0.39 is 12.0 Å². The zero-order valence-electron chi connectivity index (χ0n) is 9.50. The molecule has 3 heteroatoms. The van der Waals surface area contributed by atoms with E-state index in [4.69, 9.17) is 5.11 Å². The fraction of sp³-hybridized carbons (Fsp3) is 0.909. The van der Waals surface area contributed by atoms with Crippen LogP contribution >= 0.6 is 0 Å². The molecule has 0 radical (unpaired) electrons. The van der Waals surface area contributed by atoms with Crippen LogP contribution in [0.2, 0.25) is 0 Å². The minimum Gasteiger partial charge on any atom is -0.480 e. The molecule has 1 rings (SSSR count). The van der Waals surface area contributed by atoms with Crippen LogP contribution in [-0.2, 0) is 4.79 Å². The van der Waals surface area contributed by atoms with Crippen LogP contribution in [-0.4, -0.2) is 23.2 Å². The van der Waals surface area contributed by atoms with E-state index in [1.165, 1.54) is 6.42 Å². The fourth-order valence-electron chi connectivity index (χ4n) is 2.51. The van der Waals surface area contributed by atoms with Gasteiger partial charge in [-0.2, -0.15) is 0 Å². The van der Waals surface area contributed by atoms with Gasteiger partial charge in [-0.05, 0) is 31.1 Å². The second-order valence-corrected chi connectivity index (χ2v) is 5.38. The lowest BCUT2D eigenvalue weighted by molar-refractivity contribution is -0.139. The average Bonchev–Trinajstić information content (AvgIpc) is 2.24. The van der Waals surface area contributed by atoms with Gasteiger partial charge >= 0.3 is 5.97 Å². The van der Waals surface area contributed by atoms with E-state index in [2.05, 4.69) is 26.1 Å². The van der Waals surface area contributed by atoms with Crippen LogP contribution < -0.4 is 5.32 Å². The molecular formula is C11H21NO2. The molecule has 0 bridgehead atoms. The van der Waals surface area contributed by atoms with Crippen LogP contribution in [0.3, 0.4) is 0 Å². The Bertz CT molecular complexity index is 225. The summed E-state index contributed by atoms with van der Waals surface area (Å²) in [5.41, 5.74) is 0.356. The molecule has 0 aliphatic heterocycles. The highest BCUT2D eigenvalue weighted by atomic mass is 16.4. The van der Waals surface area contributed by atoms with Gasteiger partial charge < -0.3 is 10.4 Å². The van der Waals surface area contributed by atoms with Crippen LogP contribution in [0.5, 0.6) is 0 Å². The number of rotatable bonds is 3. The summed E-state index contributed by atoms with van der Waals surface area (Å²) in [6, 6.07) is -0.0764. The lowest BCUT2D eigenvalue weighted by Gasteiger charge is -2.21. The Kier molecular flexibility index (Phi) is 3.20. The second kappa shape index (κ2) is 3.89. The Balaban J connectivity index is 2.51. The Morgan fingerprint density at radius 2 is 2.07 bits per heavy atom. The van der Waals surface area contributed by atoms with Crippen LogP contribution in [0.4, 0.5) is 0 Å². The molecule has 0 aromatic heterocycles. The van der Waals surface area contributed by atoms with Gasteiger partial charge in [0.1, 0.15) is 6.04 Å². The van der Waals surface area contributed by atoms with Gasteiger partial charge in [-0.15, -0.1) is 0 Å². The van der Waals surface area contributed by atoms with Crippen molar-refractivity contribution in [3.63, 3.8) is 0 Å². The van der Waals surface area contributed by atoms with Crippen molar-refractivity contribution < 1.29 is 9.90 Å². The molecule has 82 valence electrons. The Morgan fingerprint density at radius 3 is 2.43 bits per heavy atom. The van der Waals surface area contributed by atoms with Gasteiger partial charge in [-0.1, -0.05) is 20.8 Å². The summed E-state index contributed by atoms with van der Waals surface area (Å²) in [5, 5.41) is 12.0. The first kappa shape index (κ1) is 11.5. The molecule has 3 nitrogen and oxygen atoms in total. The number of hydrogen-bond acceptors (Lipinski definition) is 2. The van der Waals surface area contributed by atoms with Crippen molar-refractivity contribution in [2.45, 2.75) is 52.6 Å². The van der Waals surface area contributed by atoms with Crippen LogP contribution in [0.1, 0.15) is 40.5 Å². The number of aliphatic carboxylic acids is 1. The van der Waals surface area contributed by atoms with E-state index in [9.17, 15) is 4.79 Å². The lowest BCUT2D eigenvalue weighted by Crippen LogP contribution is -2.42. The van der Waals surface area contributed by atoms with Gasteiger partial charge in [0.15, 0.2) is 0 Å².